The average Bonchev–Trinajstić information content (AvgIpc) is 3.09. The lowest BCUT2D eigenvalue weighted by molar-refractivity contribution is -0.199. The zero-order chi connectivity index (χ0) is 14.6. The van der Waals surface area contributed by atoms with Crippen LogP contribution in [-0.4, -0.2) is 45.4 Å². The van der Waals surface area contributed by atoms with Crippen LogP contribution in [0, 0.1) is 0 Å². The number of nitrogens with zero attached hydrogens (tertiary/aromatic N) is 2. The van der Waals surface area contributed by atoms with Gasteiger partial charge in [-0.05, 0) is 26.0 Å². The molecule has 4 atom stereocenters. The van der Waals surface area contributed by atoms with Crippen LogP contribution in [-0.2, 0) is 14.2 Å². The molecule has 3 heterocycles. The number of ether oxygens (including phenoxy) is 3. The monoisotopic (exact) mass is 290 g/mol. The predicted octanol–water partition coefficient (Wildman–Crippen LogP) is 1.45. The lowest BCUT2D eigenvalue weighted by atomic mass is 10.1. The normalized spacial score (nSPS) is 34.4. The van der Waals surface area contributed by atoms with Crippen molar-refractivity contribution in [2.75, 3.05) is 6.61 Å². The van der Waals surface area contributed by atoms with Gasteiger partial charge in [0, 0.05) is 0 Å². The Morgan fingerprint density at radius 3 is 2.81 bits per heavy atom. The van der Waals surface area contributed by atoms with E-state index >= 15 is 0 Å². The summed E-state index contributed by atoms with van der Waals surface area (Å²) in [6.07, 6.45) is 0.496. The van der Waals surface area contributed by atoms with Crippen LogP contribution >= 0.6 is 0 Å². The fraction of sp³-hybridized carbons (Fsp3) is 0.533. The lowest BCUT2D eigenvalue weighted by Crippen LogP contribution is -2.31. The maximum atomic E-state index is 9.53. The van der Waals surface area contributed by atoms with Crippen molar-refractivity contribution in [1.29, 1.82) is 0 Å². The van der Waals surface area contributed by atoms with E-state index in [1.165, 1.54) is 0 Å². The topological polar surface area (TPSA) is 65.7 Å². The third kappa shape index (κ3) is 1.98. The first-order valence-electron chi connectivity index (χ1n) is 7.12. The highest BCUT2D eigenvalue weighted by Crippen LogP contribution is 2.43. The molecular weight excluding hydrogens is 272 g/mol. The largest absolute Gasteiger partial charge is 0.394 e. The van der Waals surface area contributed by atoms with Gasteiger partial charge in [0.1, 0.15) is 18.3 Å². The van der Waals surface area contributed by atoms with Crippen molar-refractivity contribution in [3.63, 3.8) is 0 Å². The van der Waals surface area contributed by atoms with Crippen LogP contribution in [0.3, 0.4) is 0 Å². The molecule has 0 radical (unpaired) electrons. The SMILES string of the molecule is CC1(C)O[C@@H]2[C@H](O1)[C@@H](CO)O[C@H]2n1cnc2ccccc21. The molecular formula is C15H18N2O4. The number of hydrogen-bond acceptors (Lipinski definition) is 5. The number of para-hydroxylation sites is 2. The van der Waals surface area contributed by atoms with E-state index in [2.05, 4.69) is 4.98 Å². The second-order valence-electron chi connectivity index (χ2n) is 5.95. The van der Waals surface area contributed by atoms with Crippen molar-refractivity contribution in [1.82, 2.24) is 9.55 Å². The number of rotatable bonds is 2. The van der Waals surface area contributed by atoms with Gasteiger partial charge in [-0.25, -0.2) is 4.98 Å². The highest BCUT2D eigenvalue weighted by atomic mass is 16.8. The molecule has 2 fully saturated rings. The van der Waals surface area contributed by atoms with E-state index in [1.54, 1.807) is 6.33 Å². The molecule has 0 unspecified atom stereocenters. The molecule has 0 saturated carbocycles. The third-order valence-electron chi connectivity index (χ3n) is 4.06. The van der Waals surface area contributed by atoms with Crippen molar-refractivity contribution >= 4 is 11.0 Å². The molecule has 6 heteroatoms. The van der Waals surface area contributed by atoms with Gasteiger partial charge in [-0.2, -0.15) is 0 Å². The first-order valence-corrected chi connectivity index (χ1v) is 7.12. The number of hydrogen-bond donors (Lipinski definition) is 1. The van der Waals surface area contributed by atoms with Gasteiger partial charge in [-0.1, -0.05) is 12.1 Å². The summed E-state index contributed by atoms with van der Waals surface area (Å²) in [6, 6.07) is 7.87. The molecule has 2 aliphatic heterocycles. The number of imidazole rings is 1. The standard InChI is InChI=1S/C15H18N2O4/c1-15(2)20-12-11(7-18)19-14(13(12)21-15)17-8-16-9-5-3-4-6-10(9)17/h3-6,8,11-14,18H,7H2,1-2H3/t11-,12-,13-,14-/m1/s1. The highest BCUT2D eigenvalue weighted by Gasteiger charge is 2.55. The smallest absolute Gasteiger partial charge is 0.165 e. The summed E-state index contributed by atoms with van der Waals surface area (Å²) in [6.45, 7) is 3.66. The first-order chi connectivity index (χ1) is 10.1. The Balaban J connectivity index is 1.75. The molecule has 1 N–H and O–H groups in total. The van der Waals surface area contributed by atoms with Crippen molar-refractivity contribution in [2.45, 2.75) is 44.2 Å². The third-order valence-corrected chi connectivity index (χ3v) is 4.06. The van der Waals surface area contributed by atoms with E-state index in [4.69, 9.17) is 14.2 Å². The maximum absolute atomic E-state index is 9.53. The predicted molar refractivity (Wildman–Crippen MR) is 74.6 cm³/mol. The van der Waals surface area contributed by atoms with Crippen LogP contribution in [0.2, 0.25) is 0 Å². The second kappa shape index (κ2) is 4.51. The van der Waals surface area contributed by atoms with E-state index in [-0.39, 0.29) is 31.1 Å². The Morgan fingerprint density at radius 2 is 2.00 bits per heavy atom. The zero-order valence-corrected chi connectivity index (χ0v) is 12.0. The van der Waals surface area contributed by atoms with Crippen LogP contribution in [0.4, 0.5) is 0 Å². The van der Waals surface area contributed by atoms with Crippen molar-refractivity contribution < 1.29 is 19.3 Å². The lowest BCUT2D eigenvalue weighted by Gasteiger charge is -2.24. The molecule has 2 aliphatic rings. The van der Waals surface area contributed by atoms with Crippen LogP contribution in [0.1, 0.15) is 20.1 Å². The van der Waals surface area contributed by atoms with E-state index in [1.807, 2.05) is 42.7 Å². The average molecular weight is 290 g/mol. The number of benzene rings is 1. The summed E-state index contributed by atoms with van der Waals surface area (Å²) >= 11 is 0. The minimum absolute atomic E-state index is 0.0935. The Morgan fingerprint density at radius 1 is 1.24 bits per heavy atom. The van der Waals surface area contributed by atoms with Gasteiger partial charge in [0.05, 0.1) is 24.0 Å². The number of aliphatic hydroxyl groups excluding tert-OH is 1. The Bertz CT molecular complexity index is 668. The molecule has 6 nitrogen and oxygen atoms in total. The maximum Gasteiger partial charge on any atom is 0.165 e. The molecule has 21 heavy (non-hydrogen) atoms. The first kappa shape index (κ1) is 13.2. The summed E-state index contributed by atoms with van der Waals surface area (Å²) in [4.78, 5) is 4.39. The highest BCUT2D eigenvalue weighted by molar-refractivity contribution is 5.75. The molecule has 112 valence electrons. The van der Waals surface area contributed by atoms with Gasteiger partial charge < -0.3 is 23.9 Å². The number of fused-ring (bicyclic) bond motifs is 2. The summed E-state index contributed by atoms with van der Waals surface area (Å²) in [5.41, 5.74) is 1.89. The van der Waals surface area contributed by atoms with Gasteiger partial charge in [-0.3, -0.25) is 0 Å². The van der Waals surface area contributed by atoms with Crippen molar-refractivity contribution in [3.8, 4) is 0 Å². The quantitative estimate of drug-likeness (QED) is 0.906. The van der Waals surface area contributed by atoms with Gasteiger partial charge in [0.25, 0.3) is 0 Å². The van der Waals surface area contributed by atoms with Crippen LogP contribution in [0.25, 0.3) is 11.0 Å². The summed E-state index contributed by atoms with van der Waals surface area (Å²) in [5.74, 6) is -0.666. The van der Waals surface area contributed by atoms with Gasteiger partial charge in [-0.15, -0.1) is 0 Å². The Kier molecular flexibility index (Phi) is 2.84. The number of aromatic nitrogens is 2. The van der Waals surface area contributed by atoms with Crippen molar-refractivity contribution in [3.05, 3.63) is 30.6 Å². The van der Waals surface area contributed by atoms with Gasteiger partial charge in [0.15, 0.2) is 12.0 Å². The van der Waals surface area contributed by atoms with Crippen LogP contribution < -0.4 is 0 Å². The summed E-state index contributed by atoms with van der Waals surface area (Å²) in [5, 5.41) is 9.53. The van der Waals surface area contributed by atoms with Gasteiger partial charge in [0.2, 0.25) is 0 Å². The summed E-state index contributed by atoms with van der Waals surface area (Å²) in [7, 11) is 0. The molecule has 0 aliphatic carbocycles. The summed E-state index contributed by atoms with van der Waals surface area (Å²) < 4.78 is 19.8. The van der Waals surface area contributed by atoms with Crippen LogP contribution in [0.15, 0.2) is 30.6 Å². The molecule has 1 aromatic heterocycles. The Labute approximate surface area is 122 Å². The second-order valence-corrected chi connectivity index (χ2v) is 5.95. The van der Waals surface area contributed by atoms with E-state index in [0.29, 0.717) is 0 Å². The number of aliphatic hydroxyl groups is 1. The molecule has 2 aromatic rings. The van der Waals surface area contributed by atoms with E-state index in [0.717, 1.165) is 11.0 Å². The van der Waals surface area contributed by atoms with Gasteiger partial charge >= 0.3 is 0 Å². The molecule has 1 aromatic carbocycles. The molecule has 0 amide bonds. The molecule has 4 rings (SSSR count). The van der Waals surface area contributed by atoms with E-state index in [9.17, 15) is 5.11 Å². The molecule has 2 saturated heterocycles. The van der Waals surface area contributed by atoms with Crippen LogP contribution in [0.5, 0.6) is 0 Å². The van der Waals surface area contributed by atoms with E-state index < -0.39 is 5.79 Å². The minimum atomic E-state index is -0.666. The molecule has 0 bridgehead atoms. The zero-order valence-electron chi connectivity index (χ0n) is 12.0. The fourth-order valence-electron chi connectivity index (χ4n) is 3.21. The Hall–Kier alpha value is -1.47. The molecule has 0 spiro atoms. The fourth-order valence-corrected chi connectivity index (χ4v) is 3.21. The minimum Gasteiger partial charge on any atom is -0.394 e. The van der Waals surface area contributed by atoms with Crippen molar-refractivity contribution in [2.24, 2.45) is 0 Å².